The van der Waals surface area contributed by atoms with E-state index < -0.39 is 11.8 Å². The van der Waals surface area contributed by atoms with Crippen molar-refractivity contribution in [2.75, 3.05) is 27.3 Å². The van der Waals surface area contributed by atoms with Crippen LogP contribution in [0.5, 0.6) is 0 Å². The first kappa shape index (κ1) is 21.6. The van der Waals surface area contributed by atoms with Gasteiger partial charge < -0.3 is 9.64 Å². The predicted molar refractivity (Wildman–Crippen MR) is 113 cm³/mol. The lowest BCUT2D eigenvalue weighted by Gasteiger charge is -2.21. The van der Waals surface area contributed by atoms with Crippen molar-refractivity contribution in [2.24, 2.45) is 7.05 Å². The van der Waals surface area contributed by atoms with Gasteiger partial charge in [-0.3, -0.25) is 29.1 Å². The number of carbonyl (C=O) groups is 2. The monoisotopic (exact) mass is 412 g/mol. The van der Waals surface area contributed by atoms with Gasteiger partial charge in [-0.05, 0) is 12.0 Å². The number of nitrogens with zero attached hydrogens (tertiary/aromatic N) is 3. The van der Waals surface area contributed by atoms with Crippen molar-refractivity contribution in [3.05, 3.63) is 63.2 Å². The number of methoxy groups -OCH3 is 1. The highest BCUT2D eigenvalue weighted by molar-refractivity contribution is 6.35. The molecule has 0 saturated carbocycles. The number of rotatable bonds is 9. The predicted octanol–water partition coefficient (Wildman–Crippen LogP) is 1.52. The summed E-state index contributed by atoms with van der Waals surface area (Å²) in [4.78, 5) is 42.4. The van der Waals surface area contributed by atoms with Crippen LogP contribution in [0.1, 0.15) is 30.2 Å². The lowest BCUT2D eigenvalue weighted by atomic mass is 10.0. The average molecular weight is 412 g/mol. The Morgan fingerprint density at radius 3 is 2.43 bits per heavy atom. The van der Waals surface area contributed by atoms with Gasteiger partial charge in [0.2, 0.25) is 0 Å². The number of amides is 2. The summed E-state index contributed by atoms with van der Waals surface area (Å²) >= 11 is 0. The molecule has 1 aromatic carbocycles. The zero-order valence-electron chi connectivity index (χ0n) is 17.9. The molecule has 30 heavy (non-hydrogen) atoms. The van der Waals surface area contributed by atoms with Crippen molar-refractivity contribution in [1.82, 2.24) is 19.6 Å². The summed E-state index contributed by atoms with van der Waals surface area (Å²) in [6, 6.07) is 9.68. The summed E-state index contributed by atoms with van der Waals surface area (Å²) in [5.41, 5.74) is 2.05. The van der Waals surface area contributed by atoms with Crippen LogP contribution in [0, 0.1) is 0 Å². The lowest BCUT2D eigenvalue weighted by molar-refractivity contribution is -0.138. The summed E-state index contributed by atoms with van der Waals surface area (Å²) < 4.78 is 6.43. The Morgan fingerprint density at radius 2 is 1.80 bits per heavy atom. The zero-order chi connectivity index (χ0) is 21.8. The Labute approximate surface area is 175 Å². The summed E-state index contributed by atoms with van der Waals surface area (Å²) in [6.45, 7) is 2.80. The molecule has 3 rings (SSSR count). The van der Waals surface area contributed by atoms with Crippen molar-refractivity contribution >= 4 is 17.4 Å². The van der Waals surface area contributed by atoms with Gasteiger partial charge in [0.1, 0.15) is 5.70 Å². The molecule has 0 atom stereocenters. The van der Waals surface area contributed by atoms with Crippen LogP contribution < -0.4 is 5.56 Å². The number of aromatic nitrogens is 2. The van der Waals surface area contributed by atoms with Gasteiger partial charge in [0.15, 0.2) is 0 Å². The van der Waals surface area contributed by atoms with Crippen molar-refractivity contribution in [2.45, 2.75) is 26.3 Å². The van der Waals surface area contributed by atoms with E-state index in [0.29, 0.717) is 18.7 Å². The van der Waals surface area contributed by atoms with E-state index in [1.807, 2.05) is 37.3 Å². The van der Waals surface area contributed by atoms with Crippen molar-refractivity contribution in [1.29, 1.82) is 0 Å². The fraction of sp³-hybridized carbons (Fsp3) is 0.409. The molecule has 1 N–H and O–H groups in total. The van der Waals surface area contributed by atoms with E-state index >= 15 is 0 Å². The van der Waals surface area contributed by atoms with Gasteiger partial charge in [-0.25, -0.2) is 0 Å². The Morgan fingerprint density at radius 1 is 1.10 bits per heavy atom. The second-order valence-corrected chi connectivity index (χ2v) is 7.40. The van der Waals surface area contributed by atoms with Crippen LogP contribution in [0.2, 0.25) is 0 Å². The second-order valence-electron chi connectivity index (χ2n) is 7.40. The van der Waals surface area contributed by atoms with E-state index in [4.69, 9.17) is 4.74 Å². The molecular formula is C22H28N4O4. The highest BCUT2D eigenvalue weighted by Crippen LogP contribution is 2.32. The zero-order valence-corrected chi connectivity index (χ0v) is 17.9. The maximum absolute atomic E-state index is 13.3. The van der Waals surface area contributed by atoms with Gasteiger partial charge in [-0.15, -0.1) is 0 Å². The first-order chi connectivity index (χ1) is 14.4. The van der Waals surface area contributed by atoms with Crippen molar-refractivity contribution in [3.8, 4) is 0 Å². The summed E-state index contributed by atoms with van der Waals surface area (Å²) in [6.07, 6.45) is 1.40. The molecular weight excluding hydrogens is 384 g/mol. The van der Waals surface area contributed by atoms with Crippen LogP contribution >= 0.6 is 0 Å². The minimum atomic E-state index is -0.457. The number of hydrogen-bond donors (Lipinski definition) is 1. The van der Waals surface area contributed by atoms with Gasteiger partial charge >= 0.3 is 0 Å². The van der Waals surface area contributed by atoms with Gasteiger partial charge in [-0.1, -0.05) is 43.7 Å². The normalized spacial score (nSPS) is 14.2. The van der Waals surface area contributed by atoms with E-state index in [2.05, 4.69) is 5.10 Å². The molecule has 8 nitrogen and oxygen atoms in total. The molecule has 0 radical (unpaired) electrons. The molecule has 0 spiro atoms. The first-order valence-electron chi connectivity index (χ1n) is 10.0. The van der Waals surface area contributed by atoms with Crippen LogP contribution in [0.15, 0.2) is 40.8 Å². The van der Waals surface area contributed by atoms with Crippen molar-refractivity contribution < 1.29 is 14.3 Å². The Hall–Kier alpha value is -3.13. The molecule has 8 heteroatoms. The van der Waals surface area contributed by atoms with Crippen LogP contribution in [-0.2, 0) is 34.3 Å². The number of imide groups is 1. The number of aryl methyl sites for hydroxylation is 2. The van der Waals surface area contributed by atoms with Crippen LogP contribution in [0.4, 0.5) is 0 Å². The highest BCUT2D eigenvalue weighted by Gasteiger charge is 2.42. The topological polar surface area (TPSA) is 87.6 Å². The SMILES string of the molecule is CCCc1[nH]n(C)c(=O)c1C1=C(N(C)Cc2ccccc2)C(=O)N(CCOC)C1=O. The first-order valence-corrected chi connectivity index (χ1v) is 10.0. The average Bonchev–Trinajstić information content (AvgIpc) is 3.13. The number of benzene rings is 1. The standard InChI is InChI=1S/C22H28N4O4/c1-5-9-16-17(20(27)25(3)23-16)18-19(22(29)26(21(18)28)12-13-30-4)24(2)14-15-10-7-6-8-11-15/h6-8,10-11,23H,5,9,12-14H2,1-4H3. The molecule has 1 aromatic heterocycles. The minimum absolute atomic E-state index is 0.133. The van der Waals surface area contributed by atoms with E-state index in [-0.39, 0.29) is 35.5 Å². The smallest absolute Gasteiger partial charge is 0.277 e. The van der Waals surface area contributed by atoms with Crippen LogP contribution in [-0.4, -0.2) is 58.7 Å². The number of ether oxygens (including phenoxy) is 1. The summed E-state index contributed by atoms with van der Waals surface area (Å²) in [7, 11) is 4.90. The number of likely N-dealkylation sites (N-methyl/N-ethyl adjacent to an activating group) is 1. The Kier molecular flexibility index (Phi) is 6.56. The second kappa shape index (κ2) is 9.13. The molecule has 0 fully saturated rings. The molecule has 1 aliphatic heterocycles. The van der Waals surface area contributed by atoms with Crippen molar-refractivity contribution in [3.63, 3.8) is 0 Å². The summed E-state index contributed by atoms with van der Waals surface area (Å²) in [5, 5.41) is 3.04. The molecule has 0 unspecified atom stereocenters. The largest absolute Gasteiger partial charge is 0.383 e. The quantitative estimate of drug-likeness (QED) is 0.631. The fourth-order valence-corrected chi connectivity index (χ4v) is 3.76. The molecule has 2 amide bonds. The van der Waals surface area contributed by atoms with E-state index in [1.54, 1.807) is 19.0 Å². The third kappa shape index (κ3) is 3.95. The highest BCUT2D eigenvalue weighted by atomic mass is 16.5. The van der Waals surface area contributed by atoms with Gasteiger partial charge in [-0.2, -0.15) is 0 Å². The third-order valence-electron chi connectivity index (χ3n) is 5.18. The molecule has 1 aliphatic rings. The molecule has 160 valence electrons. The molecule has 0 saturated heterocycles. The van der Waals surface area contributed by atoms with Gasteiger partial charge in [0.25, 0.3) is 17.4 Å². The Balaban J connectivity index is 2.13. The number of H-pyrrole nitrogens is 1. The molecule has 0 bridgehead atoms. The van der Waals surface area contributed by atoms with Crippen LogP contribution in [0.3, 0.4) is 0 Å². The molecule has 2 aromatic rings. The number of carbonyl (C=O) groups excluding carboxylic acids is 2. The minimum Gasteiger partial charge on any atom is -0.383 e. The number of nitrogens with one attached hydrogen (secondary N) is 1. The third-order valence-corrected chi connectivity index (χ3v) is 5.18. The Bertz CT molecular complexity index is 1020. The number of aromatic amines is 1. The van der Waals surface area contributed by atoms with Gasteiger partial charge in [0, 0.05) is 33.4 Å². The van der Waals surface area contributed by atoms with Gasteiger partial charge in [0.05, 0.1) is 24.3 Å². The van der Waals surface area contributed by atoms with Crippen LogP contribution in [0.25, 0.3) is 5.57 Å². The fourth-order valence-electron chi connectivity index (χ4n) is 3.76. The summed E-state index contributed by atoms with van der Waals surface area (Å²) in [5.74, 6) is -0.864. The molecule has 2 heterocycles. The molecule has 0 aliphatic carbocycles. The maximum Gasteiger partial charge on any atom is 0.277 e. The maximum atomic E-state index is 13.3. The lowest BCUT2D eigenvalue weighted by Crippen LogP contribution is -2.36. The van der Waals surface area contributed by atoms with E-state index in [9.17, 15) is 14.4 Å². The van der Waals surface area contributed by atoms with E-state index in [0.717, 1.165) is 16.9 Å². The van der Waals surface area contributed by atoms with E-state index in [1.165, 1.54) is 11.8 Å². The number of hydrogen-bond acceptors (Lipinski definition) is 5.